The molecule has 0 unspecified atom stereocenters. The molecule has 6 nitrogen and oxygen atoms in total. The highest BCUT2D eigenvalue weighted by molar-refractivity contribution is 7.89. The standard InChI is InChI=1S/C19H21ClN2O4S/c1-26-17-6-2-14(3-7-17)19(23)22-12-10-16(11-13-22)21-27(24,25)18-8-4-15(20)5-9-18/h2-9,16,21H,10-13H2,1H3. The molecule has 2 aromatic rings. The largest absolute Gasteiger partial charge is 0.497 e. The molecule has 0 aliphatic carbocycles. The van der Waals surface area contributed by atoms with Crippen LogP contribution in [0.25, 0.3) is 0 Å². The molecule has 0 spiro atoms. The second-order valence-electron chi connectivity index (χ2n) is 6.37. The Bertz CT molecular complexity index is 890. The van der Waals surface area contributed by atoms with Gasteiger partial charge in [0.25, 0.3) is 5.91 Å². The maximum atomic E-state index is 12.6. The highest BCUT2D eigenvalue weighted by atomic mass is 35.5. The van der Waals surface area contributed by atoms with Crippen LogP contribution in [0.5, 0.6) is 5.75 Å². The van der Waals surface area contributed by atoms with E-state index >= 15 is 0 Å². The molecule has 0 saturated carbocycles. The Balaban J connectivity index is 1.58. The van der Waals surface area contributed by atoms with Crippen molar-refractivity contribution in [1.82, 2.24) is 9.62 Å². The lowest BCUT2D eigenvalue weighted by Crippen LogP contribution is -2.46. The summed E-state index contributed by atoms with van der Waals surface area (Å²) in [6.45, 7) is 0.997. The van der Waals surface area contributed by atoms with Gasteiger partial charge in [-0.15, -0.1) is 0 Å². The molecule has 0 aromatic heterocycles. The molecule has 1 heterocycles. The van der Waals surface area contributed by atoms with Crippen LogP contribution in [0.1, 0.15) is 23.2 Å². The van der Waals surface area contributed by atoms with Crippen molar-refractivity contribution in [3.63, 3.8) is 0 Å². The summed E-state index contributed by atoms with van der Waals surface area (Å²) in [5.74, 6) is 0.638. The number of piperidine rings is 1. The van der Waals surface area contributed by atoms with E-state index < -0.39 is 10.0 Å². The molecule has 1 amide bonds. The Morgan fingerprint density at radius 2 is 1.67 bits per heavy atom. The van der Waals surface area contributed by atoms with Crippen LogP contribution in [0.3, 0.4) is 0 Å². The number of rotatable bonds is 5. The predicted octanol–water partition coefficient (Wildman–Crippen LogP) is 2.93. The third kappa shape index (κ3) is 4.80. The normalized spacial score (nSPS) is 15.6. The van der Waals surface area contributed by atoms with Crippen molar-refractivity contribution in [3.8, 4) is 5.75 Å². The second kappa shape index (κ2) is 8.29. The van der Waals surface area contributed by atoms with Crippen molar-refractivity contribution in [1.29, 1.82) is 0 Å². The van der Waals surface area contributed by atoms with Crippen LogP contribution >= 0.6 is 11.6 Å². The Morgan fingerprint density at radius 3 is 2.22 bits per heavy atom. The lowest BCUT2D eigenvalue weighted by Gasteiger charge is -2.32. The zero-order chi connectivity index (χ0) is 19.4. The summed E-state index contributed by atoms with van der Waals surface area (Å²) in [7, 11) is -2.02. The molecule has 1 saturated heterocycles. The number of hydrogen-bond donors (Lipinski definition) is 1. The Kier molecular flexibility index (Phi) is 6.04. The Morgan fingerprint density at radius 1 is 1.07 bits per heavy atom. The summed E-state index contributed by atoms with van der Waals surface area (Å²) in [5.41, 5.74) is 0.594. The van der Waals surface area contributed by atoms with Crippen molar-refractivity contribution >= 4 is 27.5 Å². The summed E-state index contributed by atoms with van der Waals surface area (Å²) in [5, 5.41) is 0.485. The van der Waals surface area contributed by atoms with Crippen molar-refractivity contribution in [2.75, 3.05) is 20.2 Å². The predicted molar refractivity (Wildman–Crippen MR) is 104 cm³/mol. The van der Waals surface area contributed by atoms with Crippen molar-refractivity contribution in [2.45, 2.75) is 23.8 Å². The summed E-state index contributed by atoms with van der Waals surface area (Å²) in [6.07, 6.45) is 1.13. The molecule has 1 N–H and O–H groups in total. The second-order valence-corrected chi connectivity index (χ2v) is 8.52. The molecular formula is C19H21ClN2O4S. The highest BCUT2D eigenvalue weighted by Gasteiger charge is 2.27. The molecule has 0 atom stereocenters. The van der Waals surface area contributed by atoms with Crippen LogP contribution in [0.2, 0.25) is 5.02 Å². The molecule has 8 heteroatoms. The molecule has 0 radical (unpaired) electrons. The first-order valence-corrected chi connectivity index (χ1v) is 10.5. The minimum Gasteiger partial charge on any atom is -0.497 e. The average molecular weight is 409 g/mol. The molecule has 1 aliphatic rings. The number of nitrogens with zero attached hydrogens (tertiary/aromatic N) is 1. The topological polar surface area (TPSA) is 75.7 Å². The molecule has 1 fully saturated rings. The lowest BCUT2D eigenvalue weighted by atomic mass is 10.0. The van der Waals surface area contributed by atoms with Gasteiger partial charge in [0, 0.05) is 29.7 Å². The van der Waals surface area contributed by atoms with E-state index in [1.807, 2.05) is 0 Å². The van der Waals surface area contributed by atoms with Crippen LogP contribution in [0, 0.1) is 0 Å². The number of amides is 1. The molecular weight excluding hydrogens is 388 g/mol. The number of likely N-dealkylation sites (tertiary alicyclic amines) is 1. The summed E-state index contributed by atoms with van der Waals surface area (Å²) < 4.78 is 32.7. The van der Waals surface area contributed by atoms with E-state index in [4.69, 9.17) is 16.3 Å². The van der Waals surface area contributed by atoms with E-state index in [1.54, 1.807) is 48.4 Å². The zero-order valence-electron chi connectivity index (χ0n) is 14.9. The lowest BCUT2D eigenvalue weighted by molar-refractivity contribution is 0.0711. The summed E-state index contributed by atoms with van der Waals surface area (Å²) in [4.78, 5) is 14.5. The maximum Gasteiger partial charge on any atom is 0.253 e. The van der Waals surface area contributed by atoms with Gasteiger partial charge >= 0.3 is 0 Å². The molecule has 1 aliphatic heterocycles. The van der Waals surface area contributed by atoms with Gasteiger partial charge in [0.2, 0.25) is 10.0 Å². The van der Waals surface area contributed by atoms with Gasteiger partial charge in [0.1, 0.15) is 5.75 Å². The monoisotopic (exact) mass is 408 g/mol. The molecule has 0 bridgehead atoms. The number of hydrogen-bond acceptors (Lipinski definition) is 4. The Hall–Kier alpha value is -2.09. The summed E-state index contributed by atoms with van der Waals surface area (Å²) in [6, 6.07) is 12.8. The number of carbonyl (C=O) groups is 1. The number of benzene rings is 2. The average Bonchev–Trinajstić information content (AvgIpc) is 2.68. The number of halogens is 1. The number of carbonyl (C=O) groups excluding carboxylic acids is 1. The number of methoxy groups -OCH3 is 1. The quantitative estimate of drug-likeness (QED) is 0.825. The van der Waals surface area contributed by atoms with Gasteiger partial charge in [-0.2, -0.15) is 0 Å². The fourth-order valence-corrected chi connectivity index (χ4v) is 4.45. The van der Waals surface area contributed by atoms with Crippen LogP contribution in [-0.2, 0) is 10.0 Å². The third-order valence-corrected chi connectivity index (χ3v) is 6.35. The Labute approximate surface area is 164 Å². The minimum absolute atomic E-state index is 0.0586. The molecule has 27 heavy (non-hydrogen) atoms. The molecule has 3 rings (SSSR count). The van der Waals surface area contributed by atoms with Gasteiger partial charge in [0.15, 0.2) is 0 Å². The van der Waals surface area contributed by atoms with Gasteiger partial charge < -0.3 is 9.64 Å². The first-order valence-electron chi connectivity index (χ1n) is 8.60. The third-order valence-electron chi connectivity index (χ3n) is 4.56. The maximum absolute atomic E-state index is 12.6. The van der Waals surface area contributed by atoms with E-state index in [9.17, 15) is 13.2 Å². The van der Waals surface area contributed by atoms with E-state index in [-0.39, 0.29) is 16.8 Å². The zero-order valence-corrected chi connectivity index (χ0v) is 16.5. The van der Waals surface area contributed by atoms with Crippen molar-refractivity contribution in [2.24, 2.45) is 0 Å². The van der Waals surface area contributed by atoms with Crippen molar-refractivity contribution < 1.29 is 17.9 Å². The molecule has 144 valence electrons. The number of sulfonamides is 1. The smallest absolute Gasteiger partial charge is 0.253 e. The summed E-state index contributed by atoms with van der Waals surface area (Å²) >= 11 is 5.81. The van der Waals surface area contributed by atoms with E-state index in [2.05, 4.69) is 4.72 Å². The van der Waals surface area contributed by atoms with E-state index in [0.29, 0.717) is 42.3 Å². The van der Waals surface area contributed by atoms with Crippen molar-refractivity contribution in [3.05, 3.63) is 59.1 Å². The van der Waals surface area contributed by atoms with Gasteiger partial charge in [-0.05, 0) is 61.4 Å². The minimum atomic E-state index is -3.60. The van der Waals surface area contributed by atoms with Crippen LogP contribution in [0.15, 0.2) is 53.4 Å². The fourth-order valence-electron chi connectivity index (χ4n) is 3.02. The van der Waals surface area contributed by atoms with E-state index in [1.165, 1.54) is 12.1 Å². The van der Waals surface area contributed by atoms with E-state index in [0.717, 1.165) is 0 Å². The van der Waals surface area contributed by atoms with Gasteiger partial charge in [-0.25, -0.2) is 13.1 Å². The fraction of sp³-hybridized carbons (Fsp3) is 0.316. The van der Waals surface area contributed by atoms with Crippen LogP contribution in [-0.4, -0.2) is 45.5 Å². The van der Waals surface area contributed by atoms with Gasteiger partial charge in [-0.3, -0.25) is 4.79 Å². The number of ether oxygens (including phenoxy) is 1. The van der Waals surface area contributed by atoms with Gasteiger partial charge in [-0.1, -0.05) is 11.6 Å². The molecule has 2 aromatic carbocycles. The number of nitrogens with one attached hydrogen (secondary N) is 1. The first-order chi connectivity index (χ1) is 12.9. The van der Waals surface area contributed by atoms with Gasteiger partial charge in [0.05, 0.1) is 12.0 Å². The van der Waals surface area contributed by atoms with Crippen LogP contribution in [0.4, 0.5) is 0 Å². The van der Waals surface area contributed by atoms with Crippen LogP contribution < -0.4 is 9.46 Å². The first kappa shape index (κ1) is 19.7. The highest BCUT2D eigenvalue weighted by Crippen LogP contribution is 2.19. The SMILES string of the molecule is COc1ccc(C(=O)N2CCC(NS(=O)(=O)c3ccc(Cl)cc3)CC2)cc1.